The topological polar surface area (TPSA) is 35.9 Å². The minimum absolute atomic E-state index is 0.159. The van der Waals surface area contributed by atoms with E-state index in [1.165, 1.54) is 12.1 Å². The second kappa shape index (κ2) is 4.81. The van der Waals surface area contributed by atoms with Gasteiger partial charge in [0.2, 0.25) is 0 Å². The van der Waals surface area contributed by atoms with Crippen LogP contribution in [0.3, 0.4) is 0 Å². The van der Waals surface area contributed by atoms with Gasteiger partial charge in [0.25, 0.3) is 5.91 Å². The van der Waals surface area contributed by atoms with Gasteiger partial charge in [-0.1, -0.05) is 11.6 Å². The number of hydrazone groups is 1. The minimum atomic E-state index is -0.533. The molecule has 6 heteroatoms. The van der Waals surface area contributed by atoms with E-state index < -0.39 is 5.82 Å². The van der Waals surface area contributed by atoms with Crippen molar-refractivity contribution in [2.75, 3.05) is 18.1 Å². The lowest BCUT2D eigenvalue weighted by Gasteiger charge is -2.36. The van der Waals surface area contributed by atoms with Crippen LogP contribution >= 0.6 is 11.6 Å². The molecular formula is C13H13ClFN3O. The fraction of sp³-hybridized carbons (Fsp3) is 0.385. The number of carbonyl (C=O) groups is 1. The van der Waals surface area contributed by atoms with Crippen molar-refractivity contribution in [1.82, 2.24) is 4.90 Å². The van der Waals surface area contributed by atoms with Crippen LogP contribution in [0.25, 0.3) is 0 Å². The molecule has 0 aliphatic carbocycles. The zero-order valence-corrected chi connectivity index (χ0v) is 11.0. The third-order valence-corrected chi connectivity index (χ3v) is 3.59. The van der Waals surface area contributed by atoms with Crippen molar-refractivity contribution in [3.8, 4) is 0 Å². The van der Waals surface area contributed by atoms with Crippen molar-refractivity contribution in [2.24, 2.45) is 5.10 Å². The number of rotatable bonds is 1. The molecule has 0 aromatic heterocycles. The van der Waals surface area contributed by atoms with Gasteiger partial charge in [0.1, 0.15) is 23.9 Å². The number of nitrogens with zero attached hydrogens (tertiary/aromatic N) is 3. The van der Waals surface area contributed by atoms with E-state index in [2.05, 4.69) is 5.10 Å². The van der Waals surface area contributed by atoms with Crippen molar-refractivity contribution < 1.29 is 9.18 Å². The molecule has 0 atom stereocenters. The normalized spacial score (nSPS) is 19.3. The summed E-state index contributed by atoms with van der Waals surface area (Å²) < 4.78 is 13.9. The molecule has 0 spiro atoms. The van der Waals surface area contributed by atoms with Gasteiger partial charge in [0.15, 0.2) is 0 Å². The van der Waals surface area contributed by atoms with Crippen LogP contribution in [-0.4, -0.2) is 29.7 Å². The molecule has 1 aromatic carbocycles. The number of halogens is 2. The molecule has 1 amide bonds. The maximum atomic E-state index is 13.9. The quantitative estimate of drug-likeness (QED) is 0.793. The minimum Gasteiger partial charge on any atom is -0.349 e. The summed E-state index contributed by atoms with van der Waals surface area (Å²) in [5, 5.41) is 5.75. The van der Waals surface area contributed by atoms with Crippen molar-refractivity contribution >= 4 is 29.0 Å². The first-order chi connectivity index (χ1) is 9.15. The summed E-state index contributed by atoms with van der Waals surface area (Å²) >= 11 is 5.72. The average molecular weight is 282 g/mol. The first kappa shape index (κ1) is 12.4. The summed E-state index contributed by atoms with van der Waals surface area (Å²) in [6, 6.07) is 4.23. The van der Waals surface area contributed by atoms with Gasteiger partial charge in [-0.3, -0.25) is 4.79 Å². The van der Waals surface area contributed by atoms with Gasteiger partial charge in [0, 0.05) is 18.0 Å². The Kier molecular flexibility index (Phi) is 3.14. The molecule has 0 saturated carbocycles. The molecule has 1 fully saturated rings. The fourth-order valence-corrected chi connectivity index (χ4v) is 2.56. The molecule has 100 valence electrons. The van der Waals surface area contributed by atoms with Crippen molar-refractivity contribution in [2.45, 2.75) is 19.3 Å². The van der Waals surface area contributed by atoms with Crippen LogP contribution in [0.1, 0.15) is 19.3 Å². The van der Waals surface area contributed by atoms with Gasteiger partial charge in [-0.2, -0.15) is 10.1 Å². The van der Waals surface area contributed by atoms with E-state index >= 15 is 0 Å². The second-order valence-corrected chi connectivity index (χ2v) is 5.13. The second-order valence-electron chi connectivity index (χ2n) is 4.70. The van der Waals surface area contributed by atoms with Crippen LogP contribution in [0.4, 0.5) is 10.1 Å². The third-order valence-electron chi connectivity index (χ3n) is 3.36. The first-order valence-corrected chi connectivity index (χ1v) is 6.63. The third kappa shape index (κ3) is 2.30. The largest absolute Gasteiger partial charge is 0.349 e. The van der Waals surface area contributed by atoms with E-state index in [1.807, 2.05) is 4.90 Å². The molecule has 1 saturated heterocycles. The summed E-state index contributed by atoms with van der Waals surface area (Å²) in [7, 11) is 0. The molecule has 2 heterocycles. The Balaban J connectivity index is 1.97. The standard InChI is InChI=1S/C13H13ClFN3O/c14-9-4-5-11(10(15)7-9)18-13(19)8-17-6-2-1-3-12(17)16-18/h4-5,7H,1-3,6,8H2. The van der Waals surface area contributed by atoms with Gasteiger partial charge in [-0.05, 0) is 31.0 Å². The van der Waals surface area contributed by atoms with Crippen molar-refractivity contribution in [1.29, 1.82) is 0 Å². The number of piperidine rings is 1. The van der Waals surface area contributed by atoms with Crippen LogP contribution in [0.15, 0.2) is 23.3 Å². The smallest absolute Gasteiger partial charge is 0.267 e. The maximum absolute atomic E-state index is 13.9. The summed E-state index contributed by atoms with van der Waals surface area (Å²) in [5.74, 6) is 0.113. The average Bonchev–Trinajstić information content (AvgIpc) is 2.38. The molecule has 19 heavy (non-hydrogen) atoms. The van der Waals surface area contributed by atoms with E-state index in [0.717, 1.165) is 36.7 Å². The molecule has 0 N–H and O–H groups in total. The van der Waals surface area contributed by atoms with Crippen LogP contribution in [0, 0.1) is 5.82 Å². The molecule has 1 aromatic rings. The SMILES string of the molecule is O=C1CN2CCCCC2=NN1c1ccc(Cl)cc1F. The highest BCUT2D eigenvalue weighted by molar-refractivity contribution is 6.30. The predicted octanol–water partition coefficient (Wildman–Crippen LogP) is 2.63. The molecule has 2 aliphatic heterocycles. The lowest BCUT2D eigenvalue weighted by molar-refractivity contribution is -0.119. The number of hydrogen-bond donors (Lipinski definition) is 0. The Morgan fingerprint density at radius 2 is 2.16 bits per heavy atom. The van der Waals surface area contributed by atoms with Crippen LogP contribution in [0.5, 0.6) is 0 Å². The fourth-order valence-electron chi connectivity index (χ4n) is 2.40. The van der Waals surface area contributed by atoms with Crippen LogP contribution in [-0.2, 0) is 4.79 Å². The van der Waals surface area contributed by atoms with Crippen LogP contribution < -0.4 is 5.01 Å². The summed E-state index contributed by atoms with van der Waals surface area (Å²) in [6.07, 6.45) is 2.96. The molecule has 2 aliphatic rings. The molecule has 0 unspecified atom stereocenters. The van der Waals surface area contributed by atoms with Crippen molar-refractivity contribution in [3.05, 3.63) is 29.0 Å². The molecule has 0 radical (unpaired) electrons. The Morgan fingerprint density at radius 1 is 1.32 bits per heavy atom. The summed E-state index contributed by atoms with van der Waals surface area (Å²) in [5.41, 5.74) is 0.159. The number of anilines is 1. The highest BCUT2D eigenvalue weighted by Gasteiger charge is 2.30. The number of carbonyl (C=O) groups excluding carboxylic acids is 1. The van der Waals surface area contributed by atoms with E-state index in [9.17, 15) is 9.18 Å². The zero-order chi connectivity index (χ0) is 13.4. The number of benzene rings is 1. The Morgan fingerprint density at radius 3 is 2.95 bits per heavy atom. The zero-order valence-electron chi connectivity index (χ0n) is 10.3. The van der Waals surface area contributed by atoms with Gasteiger partial charge < -0.3 is 4.90 Å². The van der Waals surface area contributed by atoms with Gasteiger partial charge in [-0.15, -0.1) is 0 Å². The predicted molar refractivity (Wildman–Crippen MR) is 71.8 cm³/mol. The van der Waals surface area contributed by atoms with Crippen LogP contribution in [0.2, 0.25) is 5.02 Å². The lowest BCUT2D eigenvalue weighted by Crippen LogP contribution is -2.49. The maximum Gasteiger partial charge on any atom is 0.267 e. The lowest BCUT2D eigenvalue weighted by atomic mass is 10.1. The molecule has 3 rings (SSSR count). The molecular weight excluding hydrogens is 269 g/mol. The summed E-state index contributed by atoms with van der Waals surface area (Å²) in [4.78, 5) is 14.0. The summed E-state index contributed by atoms with van der Waals surface area (Å²) in [6.45, 7) is 1.11. The number of hydrogen-bond acceptors (Lipinski definition) is 3. The van der Waals surface area contributed by atoms with Gasteiger partial charge >= 0.3 is 0 Å². The van der Waals surface area contributed by atoms with E-state index in [4.69, 9.17) is 11.6 Å². The number of amides is 1. The highest BCUT2D eigenvalue weighted by atomic mass is 35.5. The van der Waals surface area contributed by atoms with Gasteiger partial charge in [-0.25, -0.2) is 4.39 Å². The molecule has 0 bridgehead atoms. The highest BCUT2D eigenvalue weighted by Crippen LogP contribution is 2.26. The van der Waals surface area contributed by atoms with Gasteiger partial charge in [0.05, 0.1) is 0 Å². The van der Waals surface area contributed by atoms with E-state index in [-0.39, 0.29) is 18.1 Å². The first-order valence-electron chi connectivity index (χ1n) is 6.25. The Hall–Kier alpha value is -1.62. The van der Waals surface area contributed by atoms with Crippen molar-refractivity contribution in [3.63, 3.8) is 0 Å². The monoisotopic (exact) mass is 281 g/mol. The number of amidine groups is 1. The van der Waals surface area contributed by atoms with E-state index in [0.29, 0.717) is 5.02 Å². The Labute approximate surface area is 115 Å². The Bertz CT molecular complexity index is 561. The molecule has 4 nitrogen and oxygen atoms in total. The number of fused-ring (bicyclic) bond motifs is 1. The van der Waals surface area contributed by atoms with E-state index in [1.54, 1.807) is 6.07 Å².